The maximum atomic E-state index is 12.4. The van der Waals surface area contributed by atoms with Gasteiger partial charge in [-0.05, 0) is 43.0 Å². The second-order valence-electron chi connectivity index (χ2n) is 7.18. The molecule has 2 heterocycles. The van der Waals surface area contributed by atoms with Gasteiger partial charge in [-0.25, -0.2) is 0 Å². The summed E-state index contributed by atoms with van der Waals surface area (Å²) in [7, 11) is 0. The minimum absolute atomic E-state index is 0.143. The second kappa shape index (κ2) is 8.80. The second-order valence-corrected chi connectivity index (χ2v) is 8.63. The highest BCUT2D eigenvalue weighted by Gasteiger charge is 2.28. The Morgan fingerprint density at radius 3 is 2.74 bits per heavy atom. The van der Waals surface area contributed by atoms with E-state index in [1.165, 1.54) is 11.3 Å². The molecule has 3 rings (SSSR count). The van der Waals surface area contributed by atoms with Crippen LogP contribution in [0.15, 0.2) is 24.3 Å². The molecule has 0 bridgehead atoms. The molecule has 0 aliphatic carbocycles. The van der Waals surface area contributed by atoms with Gasteiger partial charge < -0.3 is 10.2 Å². The van der Waals surface area contributed by atoms with Crippen LogP contribution in [0.2, 0.25) is 5.02 Å². The molecular weight excluding hydrogens is 384 g/mol. The molecule has 0 unspecified atom stereocenters. The lowest BCUT2D eigenvalue weighted by Gasteiger charge is -2.32. The number of likely N-dealkylation sites (tertiary alicyclic amines) is 1. The van der Waals surface area contributed by atoms with Crippen molar-refractivity contribution in [3.8, 4) is 0 Å². The number of halogens is 1. The first-order valence-electron chi connectivity index (χ1n) is 9.10. The molecule has 8 heteroatoms. The topological polar surface area (TPSA) is 75.2 Å². The minimum atomic E-state index is -0.287. The lowest BCUT2D eigenvalue weighted by Crippen LogP contribution is -2.39. The van der Waals surface area contributed by atoms with Crippen LogP contribution in [0.25, 0.3) is 0 Å². The Hall–Kier alpha value is -1.99. The van der Waals surface area contributed by atoms with E-state index in [9.17, 15) is 9.59 Å². The molecule has 0 radical (unpaired) electrons. The maximum Gasteiger partial charge on any atom is 0.286 e. The van der Waals surface area contributed by atoms with Crippen molar-refractivity contribution in [3.63, 3.8) is 0 Å². The summed E-state index contributed by atoms with van der Waals surface area (Å²) in [6, 6.07) is 6.91. The van der Waals surface area contributed by atoms with Gasteiger partial charge >= 0.3 is 0 Å². The number of carbonyl (C=O) groups is 2. The zero-order valence-corrected chi connectivity index (χ0v) is 17.0. The number of nitrogens with zero attached hydrogens (tertiary/aromatic N) is 3. The monoisotopic (exact) mass is 406 g/mol. The third kappa shape index (κ3) is 5.26. The van der Waals surface area contributed by atoms with Gasteiger partial charge in [-0.1, -0.05) is 36.8 Å². The molecule has 27 heavy (non-hydrogen) atoms. The summed E-state index contributed by atoms with van der Waals surface area (Å²) in [6.45, 7) is 5.55. The van der Waals surface area contributed by atoms with E-state index < -0.39 is 0 Å². The fraction of sp³-hybridized carbons (Fsp3) is 0.474. The first kappa shape index (κ1) is 19.8. The number of anilines is 1. The Labute approximate surface area is 167 Å². The van der Waals surface area contributed by atoms with E-state index >= 15 is 0 Å². The van der Waals surface area contributed by atoms with Crippen molar-refractivity contribution >= 4 is 40.4 Å². The number of piperidine rings is 1. The van der Waals surface area contributed by atoms with E-state index in [-0.39, 0.29) is 17.7 Å². The molecule has 2 amide bonds. The summed E-state index contributed by atoms with van der Waals surface area (Å²) in [5.74, 6) is 0.400. The summed E-state index contributed by atoms with van der Waals surface area (Å²) in [5.41, 5.74) is 0.657. The molecule has 2 aromatic rings. The predicted molar refractivity (Wildman–Crippen MR) is 107 cm³/mol. The van der Waals surface area contributed by atoms with Crippen LogP contribution >= 0.6 is 22.9 Å². The van der Waals surface area contributed by atoms with Gasteiger partial charge in [-0.2, -0.15) is 0 Å². The van der Waals surface area contributed by atoms with Gasteiger partial charge in [0.25, 0.3) is 5.91 Å². The molecule has 0 saturated carbocycles. The van der Waals surface area contributed by atoms with Crippen LogP contribution in [-0.4, -0.2) is 40.0 Å². The van der Waals surface area contributed by atoms with Crippen molar-refractivity contribution in [2.45, 2.75) is 39.0 Å². The molecule has 1 aliphatic rings. The molecule has 1 fully saturated rings. The van der Waals surface area contributed by atoms with E-state index in [1.807, 2.05) is 4.90 Å². The van der Waals surface area contributed by atoms with Crippen molar-refractivity contribution in [1.82, 2.24) is 15.1 Å². The number of rotatable bonds is 5. The number of hydrogen-bond donors (Lipinski definition) is 1. The summed E-state index contributed by atoms with van der Waals surface area (Å²) in [5, 5.41) is 12.8. The van der Waals surface area contributed by atoms with Crippen molar-refractivity contribution in [1.29, 1.82) is 0 Å². The van der Waals surface area contributed by atoms with Gasteiger partial charge in [0.1, 0.15) is 5.01 Å². The van der Waals surface area contributed by atoms with Crippen molar-refractivity contribution in [2.75, 3.05) is 18.4 Å². The van der Waals surface area contributed by atoms with E-state index in [0.717, 1.165) is 24.4 Å². The highest BCUT2D eigenvalue weighted by atomic mass is 35.5. The van der Waals surface area contributed by atoms with Gasteiger partial charge in [-0.15, -0.1) is 10.2 Å². The molecule has 1 saturated heterocycles. The number of nitrogens with one attached hydrogen (secondary N) is 1. The van der Waals surface area contributed by atoms with E-state index in [0.29, 0.717) is 34.6 Å². The molecular formula is C19H23ClN4O2S. The Morgan fingerprint density at radius 1 is 1.30 bits per heavy atom. The molecule has 1 N–H and O–H groups in total. The molecule has 144 valence electrons. The largest absolute Gasteiger partial charge is 0.342 e. The molecule has 0 spiro atoms. The average Bonchev–Trinajstić information content (AvgIpc) is 3.13. The third-order valence-electron chi connectivity index (χ3n) is 4.44. The number of carbonyl (C=O) groups excluding carboxylic acids is 2. The zero-order valence-electron chi connectivity index (χ0n) is 15.4. The highest BCUT2D eigenvalue weighted by Crippen LogP contribution is 2.30. The lowest BCUT2D eigenvalue weighted by atomic mass is 9.98. The SMILES string of the molecule is CC(C)CC(=O)N1CCC[C@H](c2nnc(C(=O)Nc3ccc(Cl)cc3)s2)C1. The fourth-order valence-corrected chi connectivity index (χ4v) is 4.08. The van der Waals surface area contributed by atoms with Crippen LogP contribution in [0.5, 0.6) is 0 Å². The van der Waals surface area contributed by atoms with Gasteiger partial charge in [0.05, 0.1) is 0 Å². The molecule has 1 aliphatic heterocycles. The van der Waals surface area contributed by atoms with Crippen LogP contribution in [0, 0.1) is 5.92 Å². The van der Waals surface area contributed by atoms with Crippen molar-refractivity contribution in [3.05, 3.63) is 39.3 Å². The van der Waals surface area contributed by atoms with Crippen LogP contribution in [-0.2, 0) is 4.79 Å². The van der Waals surface area contributed by atoms with Crippen LogP contribution < -0.4 is 5.32 Å². The molecule has 6 nitrogen and oxygen atoms in total. The first-order valence-corrected chi connectivity index (χ1v) is 10.3. The van der Waals surface area contributed by atoms with E-state index in [1.54, 1.807) is 24.3 Å². The Bertz CT molecular complexity index is 806. The highest BCUT2D eigenvalue weighted by molar-refractivity contribution is 7.13. The summed E-state index contributed by atoms with van der Waals surface area (Å²) >= 11 is 7.15. The smallest absolute Gasteiger partial charge is 0.286 e. The summed E-state index contributed by atoms with van der Waals surface area (Å²) in [6.07, 6.45) is 2.47. The number of amides is 2. The fourth-order valence-electron chi connectivity index (χ4n) is 3.09. The minimum Gasteiger partial charge on any atom is -0.342 e. The van der Waals surface area contributed by atoms with Crippen molar-refractivity contribution < 1.29 is 9.59 Å². The number of aromatic nitrogens is 2. The Morgan fingerprint density at radius 2 is 2.04 bits per heavy atom. The zero-order chi connectivity index (χ0) is 19.4. The number of hydrogen-bond acceptors (Lipinski definition) is 5. The van der Waals surface area contributed by atoms with Crippen molar-refractivity contribution in [2.24, 2.45) is 5.92 Å². The maximum absolute atomic E-state index is 12.4. The van der Waals surface area contributed by atoms with Crippen LogP contribution in [0.3, 0.4) is 0 Å². The molecule has 1 aromatic heterocycles. The summed E-state index contributed by atoms with van der Waals surface area (Å²) < 4.78 is 0. The Kier molecular flexibility index (Phi) is 6.44. The third-order valence-corrected chi connectivity index (χ3v) is 5.78. The lowest BCUT2D eigenvalue weighted by molar-refractivity contribution is -0.133. The average molecular weight is 407 g/mol. The van der Waals surface area contributed by atoms with E-state index in [2.05, 4.69) is 29.4 Å². The van der Waals surface area contributed by atoms with Crippen LogP contribution in [0.4, 0.5) is 5.69 Å². The quantitative estimate of drug-likeness (QED) is 0.807. The van der Waals surface area contributed by atoms with Crippen LogP contribution in [0.1, 0.15) is 53.8 Å². The van der Waals surface area contributed by atoms with Gasteiger partial charge in [-0.3, -0.25) is 9.59 Å². The first-order chi connectivity index (χ1) is 12.9. The normalized spacial score (nSPS) is 17.2. The number of benzene rings is 1. The molecule has 1 atom stereocenters. The Balaban J connectivity index is 1.63. The standard InChI is InChI=1S/C19H23ClN4O2S/c1-12(2)10-16(25)24-9-3-4-13(11-24)18-22-23-19(27-18)17(26)21-15-7-5-14(20)6-8-15/h5-8,12-13H,3-4,9-11H2,1-2H3,(H,21,26)/t13-/m0/s1. The molecule has 1 aromatic carbocycles. The predicted octanol–water partition coefficient (Wildman–Crippen LogP) is 4.20. The van der Waals surface area contributed by atoms with Gasteiger partial charge in [0.2, 0.25) is 10.9 Å². The summed E-state index contributed by atoms with van der Waals surface area (Å²) in [4.78, 5) is 26.7. The van der Waals surface area contributed by atoms with Gasteiger partial charge in [0, 0.05) is 36.1 Å². The van der Waals surface area contributed by atoms with E-state index in [4.69, 9.17) is 11.6 Å². The van der Waals surface area contributed by atoms with Gasteiger partial charge in [0.15, 0.2) is 0 Å².